The Labute approximate surface area is 238 Å². The van der Waals surface area contributed by atoms with E-state index < -0.39 is 13.8 Å². The Morgan fingerprint density at radius 2 is 1.62 bits per heavy atom. The van der Waals surface area contributed by atoms with Crippen LogP contribution in [0.4, 0.5) is 10.2 Å². The summed E-state index contributed by atoms with van der Waals surface area (Å²) in [6, 6.07) is 0. The van der Waals surface area contributed by atoms with Crippen molar-refractivity contribution < 1.29 is 27.5 Å². The molecule has 10 nitrogen and oxygen atoms in total. The smallest absolute Gasteiger partial charge is 0.356 e. The molecular weight excluding hydrogens is 536 g/mol. The zero-order chi connectivity index (χ0) is 28.5. The molecule has 12 heteroatoms. The summed E-state index contributed by atoms with van der Waals surface area (Å²) in [7, 11) is -3.25. The number of unbranched alkanes of at least 4 members (excludes halogenated alkanes) is 11. The van der Waals surface area contributed by atoms with Gasteiger partial charge in [-0.1, -0.05) is 70.6 Å². The average Bonchev–Trinajstić information content (AvgIpc) is 3.35. The van der Waals surface area contributed by atoms with Crippen molar-refractivity contribution in [2.24, 2.45) is 0 Å². The third-order valence-electron chi connectivity index (χ3n) is 7.12. The number of imidazole rings is 1. The fourth-order valence-corrected chi connectivity index (χ4v) is 6.19. The van der Waals surface area contributed by atoms with Gasteiger partial charge < -0.3 is 28.8 Å². The highest BCUT2D eigenvalue weighted by atomic mass is 31.2. The lowest BCUT2D eigenvalue weighted by Crippen LogP contribution is -2.30. The van der Waals surface area contributed by atoms with Gasteiger partial charge >= 0.3 is 7.60 Å². The molecule has 2 unspecified atom stereocenters. The third kappa shape index (κ3) is 12.5. The van der Waals surface area contributed by atoms with Gasteiger partial charge in [-0.25, -0.2) is 19.3 Å². The van der Waals surface area contributed by atoms with E-state index in [2.05, 4.69) is 15.0 Å². The molecule has 0 spiro atoms. The van der Waals surface area contributed by atoms with Crippen molar-refractivity contribution in [3.63, 3.8) is 0 Å². The van der Waals surface area contributed by atoms with Crippen molar-refractivity contribution in [2.45, 2.75) is 116 Å². The van der Waals surface area contributed by atoms with Crippen LogP contribution in [0.25, 0.3) is 11.2 Å². The second-order valence-corrected chi connectivity index (χ2v) is 12.8. The van der Waals surface area contributed by atoms with Crippen LogP contribution < -0.4 is 5.73 Å². The minimum atomic E-state index is -3.25. The maximum Gasteiger partial charge on any atom is 0.356 e. The highest BCUT2D eigenvalue weighted by Crippen LogP contribution is 2.51. The number of anilines is 1. The molecule has 2 N–H and O–H groups in total. The maximum atomic E-state index is 12.8. The average molecular weight is 586 g/mol. The number of hydrogen-bond acceptors (Lipinski definition) is 9. The highest BCUT2D eigenvalue weighted by Gasteiger charge is 2.33. The van der Waals surface area contributed by atoms with Crippen molar-refractivity contribution in [2.75, 3.05) is 38.5 Å². The molecule has 228 valence electrons. The summed E-state index contributed by atoms with van der Waals surface area (Å²) in [5, 5.41) is 0. The van der Waals surface area contributed by atoms with Gasteiger partial charge in [-0.3, -0.25) is 4.57 Å². The number of alkyl halides is 1. The minimum absolute atomic E-state index is 0.0801. The van der Waals surface area contributed by atoms with Gasteiger partial charge in [0.2, 0.25) is 0 Å². The Bertz CT molecular complexity index is 999. The van der Waals surface area contributed by atoms with E-state index in [0.29, 0.717) is 43.2 Å². The molecule has 3 atom stereocenters. The van der Waals surface area contributed by atoms with E-state index in [0.717, 1.165) is 25.9 Å². The van der Waals surface area contributed by atoms with Crippen LogP contribution >= 0.6 is 7.60 Å². The van der Waals surface area contributed by atoms with Crippen LogP contribution in [0, 0.1) is 0 Å². The number of nitrogen functional groups attached to an aromatic ring is 1. The van der Waals surface area contributed by atoms with Crippen LogP contribution in [0.15, 0.2) is 12.7 Å². The molecule has 2 aromatic heterocycles. The highest BCUT2D eigenvalue weighted by molar-refractivity contribution is 7.53. The lowest BCUT2D eigenvalue weighted by molar-refractivity contribution is -0.0143. The van der Waals surface area contributed by atoms with Crippen molar-refractivity contribution in [3.8, 4) is 0 Å². The summed E-state index contributed by atoms with van der Waals surface area (Å²) in [5.74, 6) is 0.327. The van der Waals surface area contributed by atoms with Gasteiger partial charge in [0.1, 0.15) is 24.3 Å². The van der Waals surface area contributed by atoms with Crippen LogP contribution in [-0.2, 0) is 29.6 Å². The molecule has 0 saturated carbocycles. The number of ether oxygens (including phenoxy) is 2. The molecule has 40 heavy (non-hydrogen) atoms. The molecule has 3 heterocycles. The molecule has 3 rings (SSSR count). The molecule has 0 aliphatic carbocycles. The van der Waals surface area contributed by atoms with Crippen molar-refractivity contribution in [1.82, 2.24) is 19.5 Å². The zero-order valence-corrected chi connectivity index (χ0v) is 25.1. The SMILES string of the molecule is CC(F)CCCCCCCCCCCCCCOCCCOP1(=O)CO[C@@H](Cn2cnc3c(N)ncnc32)CO1. The Kier molecular flexibility index (Phi) is 15.4. The molecule has 1 saturated heterocycles. The lowest BCUT2D eigenvalue weighted by atomic mass is 10.0. The van der Waals surface area contributed by atoms with Gasteiger partial charge in [0, 0.05) is 13.2 Å². The molecule has 2 aromatic rings. The van der Waals surface area contributed by atoms with Gasteiger partial charge in [-0.15, -0.1) is 0 Å². The number of nitrogens with two attached hydrogens (primary N) is 1. The molecule has 0 bridgehead atoms. The summed E-state index contributed by atoms with van der Waals surface area (Å²) < 4.78 is 49.9. The number of fused-ring (bicyclic) bond motifs is 1. The van der Waals surface area contributed by atoms with Crippen LogP contribution in [0.5, 0.6) is 0 Å². The molecular formula is C28H49FN5O5P. The van der Waals surface area contributed by atoms with Gasteiger partial charge in [-0.2, -0.15) is 0 Å². The lowest BCUT2D eigenvalue weighted by Gasteiger charge is -2.29. The predicted molar refractivity (Wildman–Crippen MR) is 155 cm³/mol. The van der Waals surface area contributed by atoms with E-state index in [-0.39, 0.29) is 19.1 Å². The van der Waals surface area contributed by atoms with Crippen molar-refractivity contribution >= 4 is 24.6 Å². The van der Waals surface area contributed by atoms with E-state index in [4.69, 9.17) is 24.3 Å². The first-order valence-electron chi connectivity index (χ1n) is 15.1. The minimum Gasteiger partial charge on any atom is -0.382 e. The number of aromatic nitrogens is 4. The molecule has 0 aromatic carbocycles. The first-order valence-corrected chi connectivity index (χ1v) is 16.8. The second-order valence-electron chi connectivity index (χ2n) is 10.8. The zero-order valence-electron chi connectivity index (χ0n) is 24.2. The van der Waals surface area contributed by atoms with Crippen molar-refractivity contribution in [3.05, 3.63) is 12.7 Å². The number of nitrogens with zero attached hydrogens (tertiary/aromatic N) is 4. The van der Waals surface area contributed by atoms with Gasteiger partial charge in [0.25, 0.3) is 0 Å². The second kappa shape index (κ2) is 18.7. The first-order chi connectivity index (χ1) is 19.5. The van der Waals surface area contributed by atoms with E-state index in [1.165, 1.54) is 70.5 Å². The molecule has 0 radical (unpaired) electrons. The van der Waals surface area contributed by atoms with Crippen LogP contribution in [0.2, 0.25) is 0 Å². The van der Waals surface area contributed by atoms with E-state index >= 15 is 0 Å². The Morgan fingerprint density at radius 3 is 2.27 bits per heavy atom. The van der Waals surface area contributed by atoms with E-state index in [1.807, 2.05) is 4.57 Å². The molecule has 1 aliphatic rings. The summed E-state index contributed by atoms with van der Waals surface area (Å²) in [6.07, 6.45) is 18.2. The van der Waals surface area contributed by atoms with Gasteiger partial charge in [0.15, 0.2) is 11.5 Å². The van der Waals surface area contributed by atoms with Gasteiger partial charge in [-0.05, 0) is 26.2 Å². The van der Waals surface area contributed by atoms with Crippen LogP contribution in [0.3, 0.4) is 0 Å². The Hall–Kier alpha value is -1.65. The van der Waals surface area contributed by atoms with Crippen LogP contribution in [0.1, 0.15) is 96.8 Å². The summed E-state index contributed by atoms with van der Waals surface area (Å²) in [6.45, 7) is 3.90. The maximum absolute atomic E-state index is 12.8. The Morgan fingerprint density at radius 1 is 0.975 bits per heavy atom. The number of halogens is 1. The normalized spacial score (nSPS) is 20.3. The standard InChI is InChI=1S/C28H49FN5O5P/c1-24(29)15-12-10-8-6-4-2-3-5-7-9-11-13-16-36-17-14-18-38-40(35)23-37-25(20-39-40)19-34-22-33-26-27(30)31-21-32-28(26)34/h21-22,24-25H,2-20,23H2,1H3,(H2,30,31,32)/t24?,25-,40?/m0/s1. The van der Waals surface area contributed by atoms with Crippen LogP contribution in [-0.4, -0.2) is 64.6 Å². The predicted octanol–water partition coefficient (Wildman–Crippen LogP) is 6.83. The van der Waals surface area contributed by atoms with E-state index in [9.17, 15) is 8.96 Å². The fraction of sp³-hybridized carbons (Fsp3) is 0.821. The third-order valence-corrected chi connectivity index (χ3v) is 8.70. The fourth-order valence-electron chi connectivity index (χ4n) is 4.77. The van der Waals surface area contributed by atoms with E-state index in [1.54, 1.807) is 13.3 Å². The quantitative estimate of drug-likeness (QED) is 0.117. The summed E-state index contributed by atoms with van der Waals surface area (Å²) >= 11 is 0. The largest absolute Gasteiger partial charge is 0.382 e. The number of rotatable bonds is 22. The Balaban J connectivity index is 1.09. The first kappa shape index (κ1) is 32.9. The molecule has 1 aliphatic heterocycles. The molecule has 1 fully saturated rings. The summed E-state index contributed by atoms with van der Waals surface area (Å²) in [4.78, 5) is 12.4. The monoisotopic (exact) mass is 585 g/mol. The van der Waals surface area contributed by atoms with Gasteiger partial charge in [0.05, 0.1) is 32.3 Å². The van der Waals surface area contributed by atoms with Crippen molar-refractivity contribution in [1.29, 1.82) is 0 Å². The number of hydrogen-bond donors (Lipinski definition) is 1. The summed E-state index contributed by atoms with van der Waals surface area (Å²) in [5.41, 5.74) is 7.00. The molecule has 0 amide bonds. The topological polar surface area (TPSA) is 124 Å².